The zero-order valence-electron chi connectivity index (χ0n) is 13.5. The summed E-state index contributed by atoms with van der Waals surface area (Å²) in [4.78, 5) is 14.5. The fourth-order valence-electron chi connectivity index (χ4n) is 2.22. The number of thioether (sulfide) groups is 1. The second kappa shape index (κ2) is 8.80. The highest BCUT2D eigenvalue weighted by Crippen LogP contribution is 2.32. The van der Waals surface area contributed by atoms with Crippen LogP contribution in [0, 0.1) is 5.82 Å². The highest BCUT2D eigenvalue weighted by atomic mass is 79.9. The van der Waals surface area contributed by atoms with Gasteiger partial charge in [0.2, 0.25) is 0 Å². The molecule has 0 aromatic heterocycles. The molecule has 1 nitrogen and oxygen atoms in total. The molecule has 0 atom stereocenters. The first kappa shape index (κ1) is 19.1. The van der Waals surface area contributed by atoms with Gasteiger partial charge in [-0.1, -0.05) is 55.8 Å². The topological polar surface area (TPSA) is 17.1 Å². The van der Waals surface area contributed by atoms with Crippen molar-refractivity contribution in [3.05, 3.63) is 104 Å². The predicted octanol–water partition coefficient (Wildman–Crippen LogP) is 7.37. The van der Waals surface area contributed by atoms with E-state index in [2.05, 4.69) is 31.9 Å². The van der Waals surface area contributed by atoms with Crippen LogP contribution in [0.3, 0.4) is 0 Å². The summed E-state index contributed by atoms with van der Waals surface area (Å²) in [6.45, 7) is 0. The molecule has 26 heavy (non-hydrogen) atoms. The fraction of sp³-hybridized carbons (Fsp3) is 0. The van der Waals surface area contributed by atoms with Crippen molar-refractivity contribution in [2.75, 3.05) is 0 Å². The van der Waals surface area contributed by atoms with Crippen LogP contribution in [0.25, 0.3) is 6.08 Å². The fourth-order valence-corrected chi connectivity index (χ4v) is 3.69. The van der Waals surface area contributed by atoms with Crippen molar-refractivity contribution in [1.29, 1.82) is 0 Å². The molecule has 0 fully saturated rings. The number of rotatable bonds is 5. The molecule has 3 aromatic rings. The van der Waals surface area contributed by atoms with Gasteiger partial charge < -0.3 is 0 Å². The minimum atomic E-state index is -0.302. The summed E-state index contributed by atoms with van der Waals surface area (Å²) in [7, 11) is 0. The predicted molar refractivity (Wildman–Crippen MR) is 113 cm³/mol. The van der Waals surface area contributed by atoms with Gasteiger partial charge >= 0.3 is 0 Å². The van der Waals surface area contributed by atoms with Crippen molar-refractivity contribution in [3.63, 3.8) is 0 Å². The zero-order chi connectivity index (χ0) is 18.5. The average Bonchev–Trinajstić information content (AvgIpc) is 2.65. The van der Waals surface area contributed by atoms with Crippen LogP contribution < -0.4 is 0 Å². The number of Topliss-reactive ketones (excluding diaryl/α,β-unsaturated/α-hetero) is 1. The number of benzene rings is 3. The first-order valence-electron chi connectivity index (χ1n) is 7.72. The Labute approximate surface area is 172 Å². The summed E-state index contributed by atoms with van der Waals surface area (Å²) < 4.78 is 15.1. The molecule has 3 aromatic carbocycles. The Hall–Kier alpha value is -1.69. The molecule has 0 aliphatic heterocycles. The molecule has 0 N–H and O–H groups in total. The molecule has 0 heterocycles. The summed E-state index contributed by atoms with van der Waals surface area (Å²) in [5.41, 5.74) is 1.38. The lowest BCUT2D eigenvalue weighted by molar-refractivity contribution is 0.104. The molecule has 0 amide bonds. The van der Waals surface area contributed by atoms with Gasteiger partial charge in [-0.2, -0.15) is 0 Å². The number of carbonyl (C=O) groups excluding carboxylic acids is 1. The van der Waals surface area contributed by atoms with Gasteiger partial charge in [0.05, 0.1) is 4.91 Å². The van der Waals surface area contributed by atoms with Crippen LogP contribution in [-0.2, 0) is 0 Å². The van der Waals surface area contributed by atoms with Gasteiger partial charge in [0.25, 0.3) is 0 Å². The number of hydrogen-bond acceptors (Lipinski definition) is 2. The van der Waals surface area contributed by atoms with E-state index in [4.69, 9.17) is 0 Å². The van der Waals surface area contributed by atoms with Crippen LogP contribution in [0.2, 0.25) is 0 Å². The van der Waals surface area contributed by atoms with Gasteiger partial charge in [-0.15, -0.1) is 0 Å². The van der Waals surface area contributed by atoms with E-state index in [1.165, 1.54) is 23.9 Å². The standard InChI is InChI=1S/C21H13Br2FOS/c22-16-5-3-15(4-6-16)21(25)20(13-14-1-9-18(24)10-2-14)26-19-11-7-17(23)8-12-19/h1-13H/b20-13+. The van der Waals surface area contributed by atoms with Crippen LogP contribution in [0.1, 0.15) is 15.9 Å². The van der Waals surface area contributed by atoms with E-state index in [9.17, 15) is 9.18 Å². The molecule has 3 rings (SSSR count). The Bertz CT molecular complexity index is 933. The summed E-state index contributed by atoms with van der Waals surface area (Å²) in [5.74, 6) is -0.377. The summed E-state index contributed by atoms with van der Waals surface area (Å²) in [6.07, 6.45) is 1.79. The quantitative estimate of drug-likeness (QED) is 0.210. The van der Waals surface area contributed by atoms with Gasteiger partial charge in [0.1, 0.15) is 5.82 Å². The smallest absolute Gasteiger partial charge is 0.199 e. The lowest BCUT2D eigenvalue weighted by Crippen LogP contribution is -2.01. The number of hydrogen-bond donors (Lipinski definition) is 0. The largest absolute Gasteiger partial charge is 0.288 e. The third-order valence-corrected chi connectivity index (χ3v) is 5.63. The van der Waals surface area contributed by atoms with Crippen molar-refractivity contribution in [1.82, 2.24) is 0 Å². The Morgan fingerprint density at radius 3 is 1.92 bits per heavy atom. The van der Waals surface area contributed by atoms with Crippen molar-refractivity contribution >= 4 is 55.5 Å². The van der Waals surface area contributed by atoms with E-state index in [1.807, 2.05) is 36.4 Å². The van der Waals surface area contributed by atoms with E-state index in [-0.39, 0.29) is 11.6 Å². The molecular weight excluding hydrogens is 479 g/mol. The monoisotopic (exact) mass is 490 g/mol. The Morgan fingerprint density at radius 1 is 0.808 bits per heavy atom. The third kappa shape index (κ3) is 5.16. The molecule has 0 radical (unpaired) electrons. The highest BCUT2D eigenvalue weighted by Gasteiger charge is 2.14. The van der Waals surface area contributed by atoms with Crippen molar-refractivity contribution in [3.8, 4) is 0 Å². The molecule has 5 heteroatoms. The third-order valence-electron chi connectivity index (χ3n) is 3.54. The molecule has 0 saturated carbocycles. The number of allylic oxidation sites excluding steroid dienone is 1. The molecular formula is C21H13Br2FOS. The molecule has 0 aliphatic rings. The Morgan fingerprint density at radius 2 is 1.35 bits per heavy atom. The van der Waals surface area contributed by atoms with Crippen molar-refractivity contribution in [2.45, 2.75) is 4.90 Å². The number of halogens is 3. The number of ketones is 1. The maximum absolute atomic E-state index is 13.2. The van der Waals surface area contributed by atoms with Crippen LogP contribution in [0.5, 0.6) is 0 Å². The lowest BCUT2D eigenvalue weighted by atomic mass is 10.1. The van der Waals surface area contributed by atoms with Crippen molar-refractivity contribution in [2.24, 2.45) is 0 Å². The second-order valence-electron chi connectivity index (χ2n) is 5.45. The van der Waals surface area contributed by atoms with Crippen LogP contribution >= 0.6 is 43.6 Å². The Balaban J connectivity index is 1.97. The van der Waals surface area contributed by atoms with Crippen LogP contribution in [-0.4, -0.2) is 5.78 Å². The molecule has 0 aliphatic carbocycles. The van der Waals surface area contributed by atoms with Crippen LogP contribution in [0.4, 0.5) is 4.39 Å². The van der Waals surface area contributed by atoms with E-state index in [0.29, 0.717) is 10.5 Å². The van der Waals surface area contributed by atoms with Gasteiger partial charge in [-0.05, 0) is 72.3 Å². The van der Waals surface area contributed by atoms with Gasteiger partial charge in [0, 0.05) is 19.4 Å². The first-order chi connectivity index (χ1) is 12.5. The Kier molecular flexibility index (Phi) is 6.46. The summed E-state index contributed by atoms with van der Waals surface area (Å²) in [5, 5.41) is 0. The van der Waals surface area contributed by atoms with Gasteiger partial charge in [0.15, 0.2) is 5.78 Å². The lowest BCUT2D eigenvalue weighted by Gasteiger charge is -2.08. The molecule has 0 saturated heterocycles. The normalized spacial score (nSPS) is 11.4. The van der Waals surface area contributed by atoms with Gasteiger partial charge in [-0.25, -0.2) is 4.39 Å². The summed E-state index contributed by atoms with van der Waals surface area (Å²) >= 11 is 8.18. The summed E-state index contributed by atoms with van der Waals surface area (Å²) in [6, 6.07) is 21.1. The second-order valence-corrected chi connectivity index (χ2v) is 8.40. The SMILES string of the molecule is O=C(/C(=C\c1ccc(F)cc1)Sc1ccc(Br)cc1)c1ccc(Br)cc1. The highest BCUT2D eigenvalue weighted by molar-refractivity contribution is 9.10. The molecule has 0 unspecified atom stereocenters. The molecule has 130 valence electrons. The van der Waals surface area contributed by atoms with E-state index in [1.54, 1.807) is 30.3 Å². The first-order valence-corrected chi connectivity index (χ1v) is 10.1. The zero-order valence-corrected chi connectivity index (χ0v) is 17.4. The van der Waals surface area contributed by atoms with Gasteiger partial charge in [-0.3, -0.25) is 4.79 Å². The number of carbonyl (C=O) groups is 1. The minimum Gasteiger partial charge on any atom is -0.288 e. The molecule has 0 bridgehead atoms. The maximum atomic E-state index is 13.2. The maximum Gasteiger partial charge on any atom is 0.199 e. The minimum absolute atomic E-state index is 0.0743. The average molecular weight is 492 g/mol. The molecule has 0 spiro atoms. The van der Waals surface area contributed by atoms with E-state index in [0.717, 1.165) is 19.4 Å². The van der Waals surface area contributed by atoms with Crippen LogP contribution in [0.15, 0.2) is 91.5 Å². The van der Waals surface area contributed by atoms with E-state index >= 15 is 0 Å². The van der Waals surface area contributed by atoms with E-state index < -0.39 is 0 Å². The van der Waals surface area contributed by atoms with Crippen molar-refractivity contribution < 1.29 is 9.18 Å².